The van der Waals surface area contributed by atoms with Gasteiger partial charge in [-0.2, -0.15) is 0 Å². The lowest BCUT2D eigenvalue weighted by molar-refractivity contribution is -0.119. The van der Waals surface area contributed by atoms with Gasteiger partial charge in [-0.3, -0.25) is 9.78 Å². The molecule has 0 bridgehead atoms. The van der Waals surface area contributed by atoms with Crippen molar-refractivity contribution in [1.82, 2.24) is 10.3 Å². The molecule has 1 aliphatic heterocycles. The summed E-state index contributed by atoms with van der Waals surface area (Å²) in [6, 6.07) is 3.55. The summed E-state index contributed by atoms with van der Waals surface area (Å²) in [5.74, 6) is 0.735. The van der Waals surface area contributed by atoms with Crippen LogP contribution in [-0.4, -0.2) is 23.5 Å². The van der Waals surface area contributed by atoms with Crippen molar-refractivity contribution in [3.8, 4) is 0 Å². The molecular formula is C13H19N3O. The molecule has 92 valence electrons. The lowest BCUT2D eigenvalue weighted by Gasteiger charge is -2.28. The topological polar surface area (TPSA) is 54.0 Å². The van der Waals surface area contributed by atoms with Crippen LogP contribution in [0.1, 0.15) is 26.2 Å². The van der Waals surface area contributed by atoms with Gasteiger partial charge in [0.25, 0.3) is 0 Å². The van der Waals surface area contributed by atoms with Gasteiger partial charge in [-0.1, -0.05) is 13.3 Å². The summed E-state index contributed by atoms with van der Waals surface area (Å²) in [6.45, 7) is 3.13. The van der Waals surface area contributed by atoms with Crippen molar-refractivity contribution in [3.63, 3.8) is 0 Å². The summed E-state index contributed by atoms with van der Waals surface area (Å²) in [6.07, 6.45) is 6.63. The predicted octanol–water partition coefficient (Wildman–Crippen LogP) is 1.80. The summed E-state index contributed by atoms with van der Waals surface area (Å²) in [4.78, 5) is 16.0. The number of nitrogens with zero attached hydrogens (tertiary/aromatic N) is 1. The molecule has 1 aliphatic rings. The minimum absolute atomic E-state index is 0.0538. The molecule has 4 heteroatoms. The average Bonchev–Trinajstić information content (AvgIpc) is 2.40. The van der Waals surface area contributed by atoms with E-state index < -0.39 is 0 Å². The van der Waals surface area contributed by atoms with Gasteiger partial charge in [0.05, 0.1) is 6.04 Å². The van der Waals surface area contributed by atoms with Crippen LogP contribution in [0.3, 0.4) is 0 Å². The standard InChI is InChI=1S/C13H19N3O/c1-2-10-3-8-15-12(9-10)13(17)16-11-4-6-14-7-5-11/h4-7,10,12,15H,2-3,8-9H2,1H3,(H,14,16,17). The quantitative estimate of drug-likeness (QED) is 0.837. The van der Waals surface area contributed by atoms with Crippen LogP contribution < -0.4 is 10.6 Å². The average molecular weight is 233 g/mol. The molecule has 2 rings (SSSR count). The molecule has 17 heavy (non-hydrogen) atoms. The van der Waals surface area contributed by atoms with Crippen LogP contribution in [0.25, 0.3) is 0 Å². The summed E-state index contributed by atoms with van der Waals surface area (Å²) in [7, 11) is 0. The molecule has 0 aromatic carbocycles. The smallest absolute Gasteiger partial charge is 0.241 e. The van der Waals surface area contributed by atoms with E-state index in [-0.39, 0.29) is 11.9 Å². The van der Waals surface area contributed by atoms with Gasteiger partial charge in [0, 0.05) is 18.1 Å². The Morgan fingerprint density at radius 3 is 3.00 bits per heavy atom. The number of amides is 1. The van der Waals surface area contributed by atoms with Gasteiger partial charge in [0.1, 0.15) is 0 Å². The number of piperidine rings is 1. The first-order chi connectivity index (χ1) is 8.29. The minimum Gasteiger partial charge on any atom is -0.325 e. The fourth-order valence-corrected chi connectivity index (χ4v) is 2.23. The molecule has 0 spiro atoms. The van der Waals surface area contributed by atoms with Crippen molar-refractivity contribution in [2.75, 3.05) is 11.9 Å². The van der Waals surface area contributed by atoms with E-state index in [9.17, 15) is 4.79 Å². The van der Waals surface area contributed by atoms with Crippen LogP contribution in [0.4, 0.5) is 5.69 Å². The largest absolute Gasteiger partial charge is 0.325 e. The van der Waals surface area contributed by atoms with E-state index in [4.69, 9.17) is 0 Å². The molecule has 4 nitrogen and oxygen atoms in total. The molecule has 2 heterocycles. The molecule has 1 saturated heterocycles. The zero-order valence-corrected chi connectivity index (χ0v) is 10.1. The second-order valence-electron chi connectivity index (χ2n) is 4.53. The normalized spacial score (nSPS) is 24.3. The third kappa shape index (κ3) is 3.27. The fraction of sp³-hybridized carbons (Fsp3) is 0.538. The van der Waals surface area contributed by atoms with Crippen LogP contribution in [0.5, 0.6) is 0 Å². The van der Waals surface area contributed by atoms with Gasteiger partial charge < -0.3 is 10.6 Å². The van der Waals surface area contributed by atoms with E-state index in [1.165, 1.54) is 6.42 Å². The SMILES string of the molecule is CCC1CCNC(C(=O)Nc2ccncc2)C1. The Morgan fingerprint density at radius 1 is 1.53 bits per heavy atom. The van der Waals surface area contributed by atoms with E-state index in [2.05, 4.69) is 22.5 Å². The van der Waals surface area contributed by atoms with Crippen LogP contribution in [0.15, 0.2) is 24.5 Å². The van der Waals surface area contributed by atoms with Gasteiger partial charge in [-0.25, -0.2) is 0 Å². The molecule has 2 unspecified atom stereocenters. The number of hydrogen-bond donors (Lipinski definition) is 2. The maximum absolute atomic E-state index is 12.0. The first-order valence-electron chi connectivity index (χ1n) is 6.24. The van der Waals surface area contributed by atoms with Crippen molar-refractivity contribution in [3.05, 3.63) is 24.5 Å². The molecular weight excluding hydrogens is 214 g/mol. The number of nitrogens with one attached hydrogen (secondary N) is 2. The highest BCUT2D eigenvalue weighted by atomic mass is 16.2. The van der Waals surface area contributed by atoms with E-state index in [1.807, 2.05) is 0 Å². The number of anilines is 1. The van der Waals surface area contributed by atoms with Gasteiger partial charge in [-0.05, 0) is 37.4 Å². The lowest BCUT2D eigenvalue weighted by atomic mass is 9.90. The molecule has 1 aromatic heterocycles. The third-order valence-corrected chi connectivity index (χ3v) is 3.35. The number of rotatable bonds is 3. The van der Waals surface area contributed by atoms with E-state index in [0.717, 1.165) is 25.1 Å². The Morgan fingerprint density at radius 2 is 2.29 bits per heavy atom. The van der Waals surface area contributed by atoms with Crippen LogP contribution in [0, 0.1) is 5.92 Å². The van der Waals surface area contributed by atoms with Gasteiger partial charge >= 0.3 is 0 Å². The maximum Gasteiger partial charge on any atom is 0.241 e. The number of hydrogen-bond acceptors (Lipinski definition) is 3. The zero-order chi connectivity index (χ0) is 12.1. The fourth-order valence-electron chi connectivity index (χ4n) is 2.23. The second-order valence-corrected chi connectivity index (χ2v) is 4.53. The van der Waals surface area contributed by atoms with Crippen molar-refractivity contribution in [2.45, 2.75) is 32.2 Å². The molecule has 0 saturated carbocycles. The Bertz CT molecular complexity index is 366. The zero-order valence-electron chi connectivity index (χ0n) is 10.1. The number of carbonyl (C=O) groups excluding carboxylic acids is 1. The highest BCUT2D eigenvalue weighted by Crippen LogP contribution is 2.20. The van der Waals surface area contributed by atoms with Crippen LogP contribution in [-0.2, 0) is 4.79 Å². The van der Waals surface area contributed by atoms with Gasteiger partial charge in [0.2, 0.25) is 5.91 Å². The second kappa shape index (κ2) is 5.77. The van der Waals surface area contributed by atoms with Crippen LogP contribution >= 0.6 is 0 Å². The molecule has 1 aromatic rings. The monoisotopic (exact) mass is 233 g/mol. The van der Waals surface area contributed by atoms with Crippen molar-refractivity contribution in [2.24, 2.45) is 5.92 Å². The summed E-state index contributed by atoms with van der Waals surface area (Å²) in [5, 5.41) is 6.19. The van der Waals surface area contributed by atoms with E-state index >= 15 is 0 Å². The Kier molecular flexibility index (Phi) is 4.09. The molecule has 0 aliphatic carbocycles. The van der Waals surface area contributed by atoms with E-state index in [1.54, 1.807) is 24.5 Å². The van der Waals surface area contributed by atoms with Crippen molar-refractivity contribution in [1.29, 1.82) is 0 Å². The summed E-state index contributed by atoms with van der Waals surface area (Å²) in [5.41, 5.74) is 0.811. The lowest BCUT2D eigenvalue weighted by Crippen LogP contribution is -2.46. The molecule has 0 radical (unpaired) electrons. The van der Waals surface area contributed by atoms with Crippen molar-refractivity contribution >= 4 is 11.6 Å². The highest BCUT2D eigenvalue weighted by molar-refractivity contribution is 5.94. The maximum atomic E-state index is 12.0. The predicted molar refractivity (Wildman–Crippen MR) is 67.7 cm³/mol. The van der Waals surface area contributed by atoms with Crippen LogP contribution in [0.2, 0.25) is 0 Å². The van der Waals surface area contributed by atoms with Gasteiger partial charge in [0.15, 0.2) is 0 Å². The summed E-state index contributed by atoms with van der Waals surface area (Å²) >= 11 is 0. The summed E-state index contributed by atoms with van der Waals surface area (Å²) < 4.78 is 0. The molecule has 2 N–H and O–H groups in total. The van der Waals surface area contributed by atoms with Crippen molar-refractivity contribution < 1.29 is 4.79 Å². The number of pyridine rings is 1. The molecule has 2 atom stereocenters. The number of aromatic nitrogens is 1. The molecule has 1 amide bonds. The minimum atomic E-state index is -0.0538. The first kappa shape index (κ1) is 12.0. The Hall–Kier alpha value is -1.42. The van der Waals surface area contributed by atoms with E-state index in [0.29, 0.717) is 5.92 Å². The highest BCUT2D eigenvalue weighted by Gasteiger charge is 2.25. The first-order valence-corrected chi connectivity index (χ1v) is 6.24. The Labute approximate surface area is 102 Å². The number of carbonyl (C=O) groups is 1. The Balaban J connectivity index is 1.91. The van der Waals surface area contributed by atoms with Gasteiger partial charge in [-0.15, -0.1) is 0 Å². The third-order valence-electron chi connectivity index (χ3n) is 3.35. The molecule has 1 fully saturated rings.